The third kappa shape index (κ3) is 11.7. The summed E-state index contributed by atoms with van der Waals surface area (Å²) < 4.78 is 16.3. The van der Waals surface area contributed by atoms with E-state index in [-0.39, 0.29) is 12.7 Å². The van der Waals surface area contributed by atoms with Crippen LogP contribution in [0.25, 0.3) is 43.9 Å². The van der Waals surface area contributed by atoms with Gasteiger partial charge in [-0.25, -0.2) is 29.5 Å². The van der Waals surface area contributed by atoms with Crippen LogP contribution in [-0.4, -0.2) is 138 Å². The van der Waals surface area contributed by atoms with Gasteiger partial charge in [0.1, 0.15) is 41.2 Å². The fraction of sp³-hybridized carbons (Fsp3) is 0.357. The van der Waals surface area contributed by atoms with Crippen molar-refractivity contribution in [1.82, 2.24) is 39.7 Å². The fourth-order valence-electron chi connectivity index (χ4n) is 9.83. The van der Waals surface area contributed by atoms with Gasteiger partial charge in [-0.1, -0.05) is 72.7 Å². The minimum absolute atomic E-state index is 0.185. The van der Waals surface area contributed by atoms with Gasteiger partial charge in [-0.3, -0.25) is 0 Å². The van der Waals surface area contributed by atoms with Crippen LogP contribution in [0, 0.1) is 12.3 Å². The van der Waals surface area contributed by atoms with Crippen LogP contribution < -0.4 is 16.4 Å². The second kappa shape index (κ2) is 23.2. The van der Waals surface area contributed by atoms with E-state index in [9.17, 15) is 9.59 Å². The quantitative estimate of drug-likeness (QED) is 0.0252. The molecular weight excluding hydrogens is 907 g/mol. The topological polar surface area (TPSA) is 202 Å². The molecule has 72 heavy (non-hydrogen) atoms. The number of ether oxygens (including phenoxy) is 3. The molecule has 5 heterocycles. The fourth-order valence-corrected chi connectivity index (χ4v) is 9.83. The van der Waals surface area contributed by atoms with E-state index in [4.69, 9.17) is 46.3 Å². The highest BCUT2D eigenvalue weighted by Crippen LogP contribution is 2.34. The number of carbonyl (C=O) groups is 2. The van der Waals surface area contributed by atoms with Crippen LogP contribution >= 0.6 is 0 Å². The first-order chi connectivity index (χ1) is 35.2. The molecule has 1 fully saturated rings. The summed E-state index contributed by atoms with van der Waals surface area (Å²) in [7, 11) is 4.88. The minimum atomic E-state index is -0.409. The monoisotopic (exact) mass is 970 g/mol. The number of fused-ring (bicyclic) bond motifs is 6. The molecule has 0 radical (unpaired) electrons. The highest BCUT2D eigenvalue weighted by atomic mass is 16.5. The number of methoxy groups -OCH3 is 2. The number of esters is 2. The Hall–Kier alpha value is -7.42. The van der Waals surface area contributed by atoms with E-state index in [1.807, 2.05) is 30.3 Å². The van der Waals surface area contributed by atoms with Crippen molar-refractivity contribution < 1.29 is 23.8 Å². The van der Waals surface area contributed by atoms with Crippen molar-refractivity contribution in [2.45, 2.75) is 50.5 Å². The number of hydrogen-bond donors (Lipinski definition) is 5. The molecule has 0 spiro atoms. The number of carbonyl (C=O) groups excluding carboxylic acids is 2. The van der Waals surface area contributed by atoms with E-state index in [2.05, 4.69) is 79.8 Å². The Bertz CT molecular complexity index is 3200. The smallest absolute Gasteiger partial charge is 0.337 e. The lowest BCUT2D eigenvalue weighted by molar-refractivity contribution is 0.0455. The van der Waals surface area contributed by atoms with E-state index < -0.39 is 11.9 Å². The third-order valence-corrected chi connectivity index (χ3v) is 13.5. The minimum Gasteiger partial charge on any atom is -0.465 e. The largest absolute Gasteiger partial charge is 0.465 e. The molecule has 6 N–H and O–H groups in total. The van der Waals surface area contributed by atoms with E-state index in [1.165, 1.54) is 19.8 Å². The van der Waals surface area contributed by atoms with Gasteiger partial charge in [0.15, 0.2) is 0 Å². The van der Waals surface area contributed by atoms with Gasteiger partial charge in [-0.05, 0) is 106 Å². The average Bonchev–Trinajstić information content (AvgIpc) is 3.97. The number of benzene rings is 4. The van der Waals surface area contributed by atoms with Crippen LogP contribution in [0.2, 0.25) is 0 Å². The van der Waals surface area contributed by atoms with E-state index >= 15 is 0 Å². The number of hydrogen-bond acceptors (Lipinski definition) is 14. The second-order valence-corrected chi connectivity index (χ2v) is 18.6. The zero-order valence-corrected chi connectivity index (χ0v) is 41.3. The van der Waals surface area contributed by atoms with Gasteiger partial charge < -0.3 is 50.3 Å². The number of aromatic amines is 2. The Labute approximate surface area is 419 Å². The van der Waals surface area contributed by atoms with Gasteiger partial charge in [0.05, 0.1) is 42.2 Å². The van der Waals surface area contributed by atoms with Crippen molar-refractivity contribution in [2.75, 3.05) is 90.9 Å². The van der Waals surface area contributed by atoms with Crippen LogP contribution in [-0.2, 0) is 27.1 Å². The van der Waals surface area contributed by atoms with Crippen molar-refractivity contribution in [2.24, 2.45) is 5.73 Å². The summed E-state index contributed by atoms with van der Waals surface area (Å²) >= 11 is 0. The van der Waals surface area contributed by atoms with Crippen LogP contribution in [0.15, 0.2) is 91.0 Å². The molecule has 9 rings (SSSR count). The normalized spacial score (nSPS) is 14.5. The molecule has 8 aromatic rings. The number of nitrogens with zero attached hydrogens (tertiary/aromatic N) is 6. The first-order valence-corrected chi connectivity index (χ1v) is 24.8. The Balaban J connectivity index is 0.892. The third-order valence-electron chi connectivity index (χ3n) is 13.5. The van der Waals surface area contributed by atoms with Crippen LogP contribution in [0.3, 0.4) is 0 Å². The summed E-state index contributed by atoms with van der Waals surface area (Å²) in [5.74, 6) is 5.01. The van der Waals surface area contributed by atoms with Gasteiger partial charge in [0.25, 0.3) is 0 Å². The van der Waals surface area contributed by atoms with Crippen LogP contribution in [0.5, 0.6) is 0 Å². The van der Waals surface area contributed by atoms with Gasteiger partial charge in [-0.15, -0.1) is 6.42 Å². The predicted molar refractivity (Wildman–Crippen MR) is 284 cm³/mol. The summed E-state index contributed by atoms with van der Waals surface area (Å²) in [5, 5.41) is 10.8. The molecular formula is C56H63N11O5. The molecule has 16 nitrogen and oxygen atoms in total. The SMILES string of the molecule is C#CCOC(CNc1nc(Cc2ccccc2)nc2[nH]c3cc(C(=O)OC)ccc3c12)CN1CCCC(c2ccc(Cc3nc(NCCCN(C)CCCN)c4c(n3)[nH]c3cc(C(=O)OC)ccc34)cc2)C1. The average molecular weight is 970 g/mol. The number of terminal acetylenes is 1. The van der Waals surface area contributed by atoms with Gasteiger partial charge >= 0.3 is 11.9 Å². The standard InChI is InChI=1S/C56H63N11O5/c1-5-28-72-42(33-59-52-50-44-22-20-40(56(69)71-4)32-46(44)61-54(50)64-47(63-52)29-36-12-7-6-8-13-36)35-67-27-9-14-41(34-67)38-17-15-37(16-18-38)30-48-62-51(58-24-11-26-66(2)25-10-23-57)49-43-21-19-39(55(68)70-3)31-45(43)60-53(49)65-48/h1,6-8,12-13,15-22,31-32,41-42H,9-11,14,23-30,33-35,57H2,2-4H3,(H2,58,60,62,65)(H2,59,61,63,64). The van der Waals surface area contributed by atoms with Gasteiger partial charge in [0, 0.05) is 60.8 Å². The maximum atomic E-state index is 12.4. The lowest BCUT2D eigenvalue weighted by Crippen LogP contribution is -2.42. The molecule has 4 aromatic heterocycles. The second-order valence-electron chi connectivity index (χ2n) is 18.6. The zero-order valence-electron chi connectivity index (χ0n) is 41.3. The Morgan fingerprint density at radius 3 is 2.00 bits per heavy atom. The molecule has 0 amide bonds. The molecule has 2 atom stereocenters. The number of nitrogens with two attached hydrogens (primary N) is 1. The zero-order chi connectivity index (χ0) is 50.0. The molecule has 1 saturated heterocycles. The highest BCUT2D eigenvalue weighted by molar-refractivity contribution is 6.13. The van der Waals surface area contributed by atoms with Crippen LogP contribution in [0.1, 0.15) is 80.7 Å². The molecule has 0 saturated carbocycles. The highest BCUT2D eigenvalue weighted by Gasteiger charge is 2.26. The van der Waals surface area contributed by atoms with Crippen molar-refractivity contribution in [1.29, 1.82) is 0 Å². The Morgan fingerprint density at radius 2 is 1.40 bits per heavy atom. The van der Waals surface area contributed by atoms with E-state index in [0.717, 1.165) is 108 Å². The number of likely N-dealkylation sites (tertiary alicyclic amines) is 1. The number of H-pyrrole nitrogens is 2. The van der Waals surface area contributed by atoms with Gasteiger partial charge in [-0.2, -0.15) is 0 Å². The molecule has 372 valence electrons. The predicted octanol–water partition coefficient (Wildman–Crippen LogP) is 7.68. The maximum absolute atomic E-state index is 12.4. The van der Waals surface area contributed by atoms with Crippen molar-refractivity contribution in [3.63, 3.8) is 0 Å². The number of anilines is 2. The Kier molecular flexibility index (Phi) is 16.0. The first kappa shape index (κ1) is 49.6. The summed E-state index contributed by atoms with van der Waals surface area (Å²) in [5.41, 5.74) is 13.1. The van der Waals surface area contributed by atoms with Crippen molar-refractivity contribution in [3.8, 4) is 12.3 Å². The molecule has 1 aliphatic rings. The number of rotatable bonds is 22. The van der Waals surface area contributed by atoms with E-state index in [0.29, 0.717) is 78.3 Å². The summed E-state index contributed by atoms with van der Waals surface area (Å²) in [6.45, 7) is 6.49. The number of aromatic nitrogens is 6. The van der Waals surface area contributed by atoms with E-state index in [1.54, 1.807) is 24.3 Å². The van der Waals surface area contributed by atoms with Crippen LogP contribution in [0.4, 0.5) is 11.6 Å². The van der Waals surface area contributed by atoms with Crippen molar-refractivity contribution >= 4 is 67.4 Å². The Morgan fingerprint density at radius 1 is 0.806 bits per heavy atom. The molecule has 4 aromatic carbocycles. The molecule has 0 bridgehead atoms. The summed E-state index contributed by atoms with van der Waals surface area (Å²) in [6.07, 6.45) is 10.7. The number of nitrogens with one attached hydrogen (secondary N) is 4. The first-order valence-electron chi connectivity index (χ1n) is 24.8. The molecule has 1 aliphatic heterocycles. The van der Waals surface area contributed by atoms with Gasteiger partial charge in [0.2, 0.25) is 0 Å². The lowest BCUT2D eigenvalue weighted by Gasteiger charge is -2.35. The molecule has 0 aliphatic carbocycles. The summed E-state index contributed by atoms with van der Waals surface area (Å²) in [4.78, 5) is 56.6. The molecule has 2 unspecified atom stereocenters. The lowest BCUT2D eigenvalue weighted by atomic mass is 9.89. The van der Waals surface area contributed by atoms with Crippen molar-refractivity contribution in [3.05, 3.63) is 130 Å². The summed E-state index contributed by atoms with van der Waals surface area (Å²) in [6, 6.07) is 30.0. The molecule has 16 heteroatoms. The number of piperidine rings is 1. The maximum Gasteiger partial charge on any atom is 0.337 e.